The maximum Gasteiger partial charge on any atom is 0.362 e. The van der Waals surface area contributed by atoms with Crippen molar-refractivity contribution >= 4 is 17.9 Å². The highest BCUT2D eigenvalue weighted by Crippen LogP contribution is 2.32. The summed E-state index contributed by atoms with van der Waals surface area (Å²) in [6.45, 7) is 7.53. The molecule has 0 aliphatic carbocycles. The summed E-state index contributed by atoms with van der Waals surface area (Å²) in [5, 5.41) is 32.2. The Hall–Kier alpha value is -1.89. The molecule has 42 heavy (non-hydrogen) atoms. The van der Waals surface area contributed by atoms with Crippen molar-refractivity contribution in [3.63, 3.8) is 0 Å². The van der Waals surface area contributed by atoms with Gasteiger partial charge < -0.3 is 20.1 Å². The zero-order chi connectivity index (χ0) is 31.6. The molecule has 0 saturated heterocycles. The fourth-order valence-electron chi connectivity index (χ4n) is 6.78. The zero-order valence-corrected chi connectivity index (χ0v) is 27.6. The van der Waals surface area contributed by atoms with Gasteiger partial charge in [-0.3, -0.25) is 4.48 Å². The lowest BCUT2D eigenvalue weighted by atomic mass is 9.93. The SMILES string of the molecule is CCCCCCCCC/C=C/CCCCCCCCCCCC[N+](C(CC)C(=O)[O-])(C(CC)C(=O)O)C(CC)C(=O)O. The fraction of sp³-hybridized carbons (Fsp3) is 0.857. The van der Waals surface area contributed by atoms with Crippen LogP contribution in [0.15, 0.2) is 12.2 Å². The zero-order valence-electron chi connectivity index (χ0n) is 27.6. The maximum atomic E-state index is 12.3. The highest BCUT2D eigenvalue weighted by atomic mass is 16.4. The third kappa shape index (κ3) is 15.5. The summed E-state index contributed by atoms with van der Waals surface area (Å²) in [6, 6.07) is -3.38. The Bertz CT molecular complexity index is 682. The molecule has 0 fully saturated rings. The van der Waals surface area contributed by atoms with E-state index in [2.05, 4.69) is 19.1 Å². The predicted octanol–water partition coefficient (Wildman–Crippen LogP) is 8.05. The summed E-state index contributed by atoms with van der Waals surface area (Å²) >= 11 is 0. The number of allylic oxidation sites excluding steroid dienone is 2. The van der Waals surface area contributed by atoms with Gasteiger partial charge in [-0.2, -0.15) is 0 Å². The molecule has 3 atom stereocenters. The lowest BCUT2D eigenvalue weighted by Gasteiger charge is -2.51. The molecule has 2 N–H and O–H groups in total. The molecule has 0 aliphatic heterocycles. The normalized spacial score (nSPS) is 15.3. The monoisotopic (exact) mass is 595 g/mol. The van der Waals surface area contributed by atoms with Crippen molar-refractivity contribution in [1.29, 1.82) is 0 Å². The van der Waals surface area contributed by atoms with Crippen molar-refractivity contribution in [3.05, 3.63) is 12.2 Å². The van der Waals surface area contributed by atoms with Gasteiger partial charge >= 0.3 is 11.9 Å². The van der Waals surface area contributed by atoms with Crippen LogP contribution in [-0.4, -0.2) is 57.3 Å². The second kappa shape index (κ2) is 25.6. The lowest BCUT2D eigenvalue weighted by Crippen LogP contribution is -2.73. The van der Waals surface area contributed by atoms with Crippen LogP contribution < -0.4 is 5.11 Å². The van der Waals surface area contributed by atoms with E-state index >= 15 is 0 Å². The third-order valence-corrected chi connectivity index (χ3v) is 9.05. The molecule has 0 heterocycles. The van der Waals surface area contributed by atoms with E-state index in [0.29, 0.717) is 6.42 Å². The molecule has 0 saturated carbocycles. The third-order valence-electron chi connectivity index (χ3n) is 9.05. The van der Waals surface area contributed by atoms with Crippen LogP contribution in [0.4, 0.5) is 0 Å². The highest BCUT2D eigenvalue weighted by molar-refractivity contribution is 5.77. The summed E-state index contributed by atoms with van der Waals surface area (Å²) in [5.74, 6) is -3.65. The van der Waals surface area contributed by atoms with Crippen LogP contribution in [0.5, 0.6) is 0 Å². The molecule has 0 radical (unpaired) electrons. The van der Waals surface area contributed by atoms with Crippen LogP contribution >= 0.6 is 0 Å². The summed E-state index contributed by atoms with van der Waals surface area (Å²) < 4.78 is -0.467. The molecule has 7 nitrogen and oxygen atoms in total. The molecule has 7 heteroatoms. The Morgan fingerprint density at radius 1 is 0.548 bits per heavy atom. The predicted molar refractivity (Wildman–Crippen MR) is 170 cm³/mol. The van der Waals surface area contributed by atoms with Crippen LogP contribution in [0.2, 0.25) is 0 Å². The molecule has 246 valence electrons. The van der Waals surface area contributed by atoms with Crippen LogP contribution in [-0.2, 0) is 14.4 Å². The van der Waals surface area contributed by atoms with Gasteiger partial charge in [0.15, 0.2) is 12.1 Å². The second-order valence-electron chi connectivity index (χ2n) is 12.2. The van der Waals surface area contributed by atoms with Crippen LogP contribution in [0.25, 0.3) is 0 Å². The van der Waals surface area contributed by atoms with E-state index in [-0.39, 0.29) is 25.8 Å². The minimum atomic E-state index is -1.36. The Balaban J connectivity index is 4.37. The van der Waals surface area contributed by atoms with E-state index in [0.717, 1.165) is 25.7 Å². The number of carboxylic acids is 3. The van der Waals surface area contributed by atoms with Crippen molar-refractivity contribution < 1.29 is 34.2 Å². The largest absolute Gasteiger partial charge is 0.544 e. The summed E-state index contributed by atoms with van der Waals surface area (Å²) in [4.78, 5) is 36.7. The molecule has 3 unspecified atom stereocenters. The second-order valence-corrected chi connectivity index (χ2v) is 12.2. The van der Waals surface area contributed by atoms with E-state index in [1.165, 1.54) is 89.9 Å². The Morgan fingerprint density at radius 3 is 1.19 bits per heavy atom. The van der Waals surface area contributed by atoms with Crippen molar-refractivity contribution in [2.75, 3.05) is 6.54 Å². The number of rotatable bonds is 30. The van der Waals surface area contributed by atoms with Gasteiger partial charge in [0.25, 0.3) is 0 Å². The molecule has 0 aromatic heterocycles. The van der Waals surface area contributed by atoms with Gasteiger partial charge in [0.1, 0.15) is 6.04 Å². The van der Waals surface area contributed by atoms with Gasteiger partial charge in [0.05, 0.1) is 12.5 Å². The fourth-order valence-corrected chi connectivity index (χ4v) is 6.78. The highest BCUT2D eigenvalue weighted by Gasteiger charge is 2.53. The Morgan fingerprint density at radius 2 is 0.881 bits per heavy atom. The number of quaternary nitrogens is 1. The van der Waals surface area contributed by atoms with E-state index in [4.69, 9.17) is 0 Å². The Kier molecular flexibility index (Phi) is 24.4. The Labute approximate surface area is 257 Å². The molecule has 0 bridgehead atoms. The minimum absolute atomic E-state index is 0.130. The van der Waals surface area contributed by atoms with Gasteiger partial charge in [-0.1, -0.05) is 123 Å². The average molecular weight is 596 g/mol. The minimum Gasteiger partial charge on any atom is -0.544 e. The molecule has 0 rings (SSSR count). The van der Waals surface area contributed by atoms with Gasteiger partial charge in [-0.15, -0.1) is 0 Å². The van der Waals surface area contributed by atoms with E-state index in [9.17, 15) is 29.7 Å². The van der Waals surface area contributed by atoms with Crippen molar-refractivity contribution in [2.45, 2.75) is 187 Å². The maximum absolute atomic E-state index is 12.3. The number of hydrogen-bond acceptors (Lipinski definition) is 4. The lowest BCUT2D eigenvalue weighted by molar-refractivity contribution is -0.974. The van der Waals surface area contributed by atoms with Crippen molar-refractivity contribution in [2.24, 2.45) is 0 Å². The molecule has 0 aliphatic rings. The first-order chi connectivity index (χ1) is 20.2. The topological polar surface area (TPSA) is 115 Å². The van der Waals surface area contributed by atoms with Gasteiger partial charge in [0.2, 0.25) is 0 Å². The van der Waals surface area contributed by atoms with Crippen molar-refractivity contribution in [3.8, 4) is 0 Å². The molecule has 0 aromatic rings. The van der Waals surface area contributed by atoms with Gasteiger partial charge in [-0.25, -0.2) is 9.59 Å². The number of nitrogens with zero attached hydrogens (tertiary/aromatic N) is 1. The standard InChI is InChI=1S/C35H65NO6/c1-5-9-10-11-12-13-14-15-16-17-18-19-20-21-22-23-24-25-26-27-28-29-36(30(6-2)33(37)38,31(7-3)34(39)40)32(8-4)35(41)42/h16-17,30-32H,5-15,18-29H2,1-4H3,(H2-,37,38,39,40,41,42)/b17-16+. The first kappa shape index (κ1) is 40.1. The smallest absolute Gasteiger partial charge is 0.362 e. The quantitative estimate of drug-likeness (QED) is 0.0493. The number of hydrogen-bond donors (Lipinski definition) is 2. The summed E-state index contributed by atoms with van der Waals surface area (Å²) in [6.07, 6.45) is 28.1. The summed E-state index contributed by atoms with van der Waals surface area (Å²) in [5.41, 5.74) is 0. The van der Waals surface area contributed by atoms with Crippen LogP contribution in [0.1, 0.15) is 169 Å². The molecular weight excluding hydrogens is 530 g/mol. The number of carbonyl (C=O) groups excluding carboxylic acids is 1. The van der Waals surface area contributed by atoms with Crippen molar-refractivity contribution in [1.82, 2.24) is 0 Å². The molecule has 0 amide bonds. The number of carbonyl (C=O) groups is 3. The molecular formula is C35H65NO6. The van der Waals surface area contributed by atoms with E-state index in [1.54, 1.807) is 20.8 Å². The van der Waals surface area contributed by atoms with Gasteiger partial charge in [0, 0.05) is 19.3 Å². The van der Waals surface area contributed by atoms with Crippen LogP contribution in [0.3, 0.4) is 0 Å². The number of aliphatic carboxylic acids is 3. The number of unbranched alkanes of at least 4 members (excludes halogenated alkanes) is 17. The first-order valence-electron chi connectivity index (χ1n) is 17.4. The molecule has 0 aromatic carbocycles. The summed E-state index contributed by atoms with van der Waals surface area (Å²) in [7, 11) is 0. The molecule has 0 spiro atoms. The van der Waals surface area contributed by atoms with E-state index < -0.39 is 40.5 Å². The first-order valence-corrected chi connectivity index (χ1v) is 17.4. The average Bonchev–Trinajstić information content (AvgIpc) is 2.94. The van der Waals surface area contributed by atoms with Gasteiger partial charge in [-0.05, 0) is 38.5 Å². The number of carboxylic acid groups (broad SMARTS) is 3. The van der Waals surface area contributed by atoms with Crippen LogP contribution in [0, 0.1) is 0 Å². The van der Waals surface area contributed by atoms with E-state index in [1.807, 2.05) is 0 Å².